The monoisotopic (exact) mass is 349 g/mol. The van der Waals surface area contributed by atoms with Crippen LogP contribution in [0.15, 0.2) is 54.6 Å². The molecule has 2 N–H and O–H groups in total. The molecular formula is C22H23NO3. The molecule has 0 aliphatic rings. The Labute approximate surface area is 153 Å². The number of phenols is 1. The topological polar surface area (TPSA) is 58.6 Å². The molecule has 0 bridgehead atoms. The fraction of sp³-hybridized carbons (Fsp3) is 0.227. The Balaban J connectivity index is 1.52. The first kappa shape index (κ1) is 17.8. The summed E-state index contributed by atoms with van der Waals surface area (Å²) in [5, 5.41) is 14.8. The normalized spacial score (nSPS) is 10.7. The van der Waals surface area contributed by atoms with Crippen LogP contribution < -0.4 is 10.1 Å². The molecule has 0 fully saturated rings. The largest absolute Gasteiger partial charge is 0.506 e. The molecule has 3 aromatic rings. The van der Waals surface area contributed by atoms with Gasteiger partial charge in [-0.2, -0.15) is 0 Å². The summed E-state index contributed by atoms with van der Waals surface area (Å²) in [5.41, 5.74) is 2.60. The molecule has 0 unspecified atom stereocenters. The fourth-order valence-corrected chi connectivity index (χ4v) is 2.95. The molecule has 0 atom stereocenters. The van der Waals surface area contributed by atoms with Gasteiger partial charge in [-0.3, -0.25) is 4.79 Å². The molecule has 0 radical (unpaired) electrons. The first-order valence-electron chi connectivity index (χ1n) is 8.75. The van der Waals surface area contributed by atoms with Crippen LogP contribution in [0.4, 0.5) is 0 Å². The van der Waals surface area contributed by atoms with Gasteiger partial charge in [-0.1, -0.05) is 48.0 Å². The minimum absolute atomic E-state index is 0.0205. The zero-order valence-corrected chi connectivity index (χ0v) is 15.1. The molecule has 134 valence electrons. The molecule has 0 saturated carbocycles. The third kappa shape index (κ3) is 3.97. The average molecular weight is 349 g/mol. The summed E-state index contributed by atoms with van der Waals surface area (Å²) < 4.78 is 5.76. The van der Waals surface area contributed by atoms with Crippen molar-refractivity contribution in [1.29, 1.82) is 0 Å². The third-order valence-electron chi connectivity index (χ3n) is 4.34. The first-order chi connectivity index (χ1) is 12.6. The fourth-order valence-electron chi connectivity index (χ4n) is 2.95. The Morgan fingerprint density at radius 2 is 1.88 bits per heavy atom. The Morgan fingerprint density at radius 3 is 2.69 bits per heavy atom. The van der Waals surface area contributed by atoms with Crippen molar-refractivity contribution < 1.29 is 14.6 Å². The van der Waals surface area contributed by atoms with E-state index in [0.29, 0.717) is 30.5 Å². The van der Waals surface area contributed by atoms with Gasteiger partial charge in [0, 0.05) is 11.9 Å². The van der Waals surface area contributed by atoms with E-state index >= 15 is 0 Å². The van der Waals surface area contributed by atoms with Gasteiger partial charge in [0.25, 0.3) is 5.91 Å². The maximum atomic E-state index is 12.3. The Morgan fingerprint density at radius 1 is 1.08 bits per heavy atom. The second-order valence-corrected chi connectivity index (χ2v) is 6.41. The van der Waals surface area contributed by atoms with Crippen LogP contribution in [-0.4, -0.2) is 24.2 Å². The number of rotatable bonds is 6. The van der Waals surface area contributed by atoms with Crippen molar-refractivity contribution in [2.45, 2.75) is 20.3 Å². The summed E-state index contributed by atoms with van der Waals surface area (Å²) in [7, 11) is 0. The number of aromatic hydroxyl groups is 1. The minimum Gasteiger partial charge on any atom is -0.506 e. The lowest BCUT2D eigenvalue weighted by molar-refractivity contribution is 0.0949. The number of carbonyl (C=O) groups is 1. The van der Waals surface area contributed by atoms with Gasteiger partial charge in [-0.25, -0.2) is 0 Å². The molecular weight excluding hydrogens is 326 g/mol. The molecule has 0 saturated heterocycles. The van der Waals surface area contributed by atoms with Crippen LogP contribution in [0.5, 0.6) is 11.5 Å². The molecule has 0 aliphatic heterocycles. The third-order valence-corrected chi connectivity index (χ3v) is 4.34. The predicted octanol–water partition coefficient (Wildman–Crippen LogP) is 4.36. The van der Waals surface area contributed by atoms with E-state index in [0.717, 1.165) is 16.7 Å². The van der Waals surface area contributed by atoms with Crippen molar-refractivity contribution in [3.63, 3.8) is 0 Å². The number of ether oxygens (including phenoxy) is 1. The van der Waals surface area contributed by atoms with E-state index in [2.05, 4.69) is 18.3 Å². The molecule has 4 heteroatoms. The molecule has 3 aromatic carbocycles. The molecule has 0 aliphatic carbocycles. The van der Waals surface area contributed by atoms with Crippen LogP contribution in [-0.2, 0) is 0 Å². The number of benzene rings is 3. The highest BCUT2D eigenvalue weighted by Crippen LogP contribution is 2.28. The lowest BCUT2D eigenvalue weighted by atomic mass is 10.0. The minimum atomic E-state index is -0.278. The van der Waals surface area contributed by atoms with E-state index in [4.69, 9.17) is 4.74 Å². The number of carbonyl (C=O) groups excluding carboxylic acids is 1. The highest BCUT2D eigenvalue weighted by Gasteiger charge is 2.13. The first-order valence-corrected chi connectivity index (χ1v) is 8.75. The van der Waals surface area contributed by atoms with Gasteiger partial charge in [0.2, 0.25) is 0 Å². The van der Waals surface area contributed by atoms with E-state index < -0.39 is 0 Å². The van der Waals surface area contributed by atoms with E-state index in [9.17, 15) is 9.90 Å². The number of amides is 1. The highest BCUT2D eigenvalue weighted by molar-refractivity contribution is 6.03. The van der Waals surface area contributed by atoms with E-state index in [-0.39, 0.29) is 11.7 Å². The maximum absolute atomic E-state index is 12.3. The van der Waals surface area contributed by atoms with Crippen LogP contribution in [0.1, 0.15) is 27.9 Å². The molecule has 1 amide bonds. The van der Waals surface area contributed by atoms with Crippen molar-refractivity contribution >= 4 is 16.7 Å². The van der Waals surface area contributed by atoms with Gasteiger partial charge in [-0.05, 0) is 43.4 Å². The Hall–Kier alpha value is -3.01. The molecule has 0 aromatic heterocycles. The van der Waals surface area contributed by atoms with Crippen molar-refractivity contribution in [1.82, 2.24) is 5.32 Å². The lowest BCUT2D eigenvalue weighted by Gasteiger charge is -2.11. The lowest BCUT2D eigenvalue weighted by Crippen LogP contribution is -2.25. The second kappa shape index (κ2) is 7.91. The maximum Gasteiger partial charge on any atom is 0.255 e. The van der Waals surface area contributed by atoms with Gasteiger partial charge in [0.05, 0.1) is 12.2 Å². The van der Waals surface area contributed by atoms with Crippen LogP contribution in [0.25, 0.3) is 10.8 Å². The average Bonchev–Trinajstić information content (AvgIpc) is 2.63. The number of fused-ring (bicyclic) bond motifs is 1. The summed E-state index contributed by atoms with van der Waals surface area (Å²) >= 11 is 0. The van der Waals surface area contributed by atoms with Crippen molar-refractivity contribution in [2.24, 2.45) is 0 Å². The summed E-state index contributed by atoms with van der Waals surface area (Å²) in [6.45, 7) is 5.07. The molecule has 4 nitrogen and oxygen atoms in total. The van der Waals surface area contributed by atoms with Crippen molar-refractivity contribution in [2.75, 3.05) is 13.2 Å². The summed E-state index contributed by atoms with van der Waals surface area (Å²) in [4.78, 5) is 12.3. The second-order valence-electron chi connectivity index (χ2n) is 6.41. The van der Waals surface area contributed by atoms with Gasteiger partial charge < -0.3 is 15.2 Å². The van der Waals surface area contributed by atoms with Crippen molar-refractivity contribution in [3.8, 4) is 11.5 Å². The Bertz CT molecular complexity index is 934. The smallest absolute Gasteiger partial charge is 0.255 e. The standard InChI is InChI=1S/C22H23NO3/c1-15-8-11-20(16(2)14-15)26-13-5-12-23-22(25)19-10-9-17-6-3-4-7-18(17)21(19)24/h3-4,6-11,14,24H,5,12-13H2,1-2H3,(H,23,25). The number of phenolic OH excluding ortho intramolecular Hbond substituents is 1. The predicted molar refractivity (Wildman–Crippen MR) is 104 cm³/mol. The van der Waals surface area contributed by atoms with E-state index in [1.165, 1.54) is 5.56 Å². The van der Waals surface area contributed by atoms with Gasteiger partial charge >= 0.3 is 0 Å². The van der Waals surface area contributed by atoms with Crippen LogP contribution in [0, 0.1) is 13.8 Å². The van der Waals surface area contributed by atoms with Crippen LogP contribution >= 0.6 is 0 Å². The highest BCUT2D eigenvalue weighted by atomic mass is 16.5. The number of nitrogens with one attached hydrogen (secondary N) is 1. The van der Waals surface area contributed by atoms with Gasteiger partial charge in [0.1, 0.15) is 11.5 Å². The summed E-state index contributed by atoms with van der Waals surface area (Å²) in [6.07, 6.45) is 0.688. The number of hydrogen-bond acceptors (Lipinski definition) is 3. The molecule has 0 spiro atoms. The zero-order valence-electron chi connectivity index (χ0n) is 15.1. The summed E-state index contributed by atoms with van der Waals surface area (Å²) in [6, 6.07) is 17.0. The van der Waals surface area contributed by atoms with Gasteiger partial charge in [-0.15, -0.1) is 0 Å². The zero-order chi connectivity index (χ0) is 18.5. The number of hydrogen-bond donors (Lipinski definition) is 2. The quantitative estimate of drug-likeness (QED) is 0.650. The van der Waals surface area contributed by atoms with Gasteiger partial charge in [0.15, 0.2) is 0 Å². The molecule has 3 rings (SSSR count). The summed E-state index contributed by atoms with van der Waals surface area (Å²) in [5.74, 6) is 0.612. The Kier molecular flexibility index (Phi) is 5.42. The molecule has 26 heavy (non-hydrogen) atoms. The van der Waals surface area contributed by atoms with E-state index in [1.54, 1.807) is 12.1 Å². The molecule has 0 heterocycles. The SMILES string of the molecule is Cc1ccc(OCCCNC(=O)c2ccc3ccccc3c2O)c(C)c1. The van der Waals surface area contributed by atoms with Crippen molar-refractivity contribution in [3.05, 3.63) is 71.3 Å². The van der Waals surface area contributed by atoms with Crippen LogP contribution in [0.3, 0.4) is 0 Å². The number of aryl methyl sites for hydroxylation is 2. The van der Waals surface area contributed by atoms with E-state index in [1.807, 2.05) is 43.3 Å². The van der Waals surface area contributed by atoms with Crippen LogP contribution in [0.2, 0.25) is 0 Å².